The number of benzene rings is 2. The van der Waals surface area contributed by atoms with Gasteiger partial charge in [-0.3, -0.25) is 9.59 Å². The third kappa shape index (κ3) is 2.61. The van der Waals surface area contributed by atoms with Gasteiger partial charge in [0.05, 0.1) is 5.92 Å². The third-order valence-corrected chi connectivity index (χ3v) is 5.79. The molecule has 0 unspecified atom stereocenters. The van der Waals surface area contributed by atoms with E-state index >= 15 is 0 Å². The molecule has 2 heterocycles. The van der Waals surface area contributed by atoms with E-state index in [9.17, 15) is 9.59 Å². The Bertz CT molecular complexity index is 889. The molecule has 0 bridgehead atoms. The number of amides is 2. The van der Waals surface area contributed by atoms with Crippen LogP contribution in [0, 0.1) is 19.8 Å². The zero-order valence-electron chi connectivity index (χ0n) is 15.5. The summed E-state index contributed by atoms with van der Waals surface area (Å²) in [7, 11) is 0. The molecule has 2 aliphatic heterocycles. The van der Waals surface area contributed by atoms with Crippen molar-refractivity contribution in [3.8, 4) is 0 Å². The van der Waals surface area contributed by atoms with Crippen molar-refractivity contribution in [2.75, 3.05) is 16.3 Å². The van der Waals surface area contributed by atoms with E-state index in [-0.39, 0.29) is 30.2 Å². The van der Waals surface area contributed by atoms with Gasteiger partial charge in [-0.05, 0) is 56.0 Å². The molecule has 0 spiro atoms. The Morgan fingerprint density at radius 3 is 2.54 bits per heavy atom. The standard InChI is InChI=1S/C22H24N2O2/c1-14-7-6-10-19(16(14)3)23-13-18(12-21(23)25)22(26)24-15(2)11-17-8-4-5-9-20(17)24/h4-10,15,18H,11-13H2,1-3H3/t15-,18-/m1/s1. The van der Waals surface area contributed by atoms with Crippen molar-refractivity contribution in [3.05, 3.63) is 59.2 Å². The molecule has 0 radical (unpaired) electrons. The topological polar surface area (TPSA) is 40.6 Å². The van der Waals surface area contributed by atoms with Gasteiger partial charge < -0.3 is 9.80 Å². The molecule has 1 saturated heterocycles. The molecule has 0 saturated carbocycles. The van der Waals surface area contributed by atoms with Crippen LogP contribution in [-0.2, 0) is 16.0 Å². The highest BCUT2D eigenvalue weighted by atomic mass is 16.2. The van der Waals surface area contributed by atoms with Crippen LogP contribution in [0.1, 0.15) is 30.0 Å². The summed E-state index contributed by atoms with van der Waals surface area (Å²) in [5.41, 5.74) is 5.41. The summed E-state index contributed by atoms with van der Waals surface area (Å²) < 4.78 is 0. The van der Waals surface area contributed by atoms with Crippen molar-refractivity contribution in [3.63, 3.8) is 0 Å². The smallest absolute Gasteiger partial charge is 0.232 e. The second kappa shape index (κ2) is 6.27. The van der Waals surface area contributed by atoms with E-state index in [1.54, 1.807) is 4.90 Å². The fraction of sp³-hybridized carbons (Fsp3) is 0.364. The minimum atomic E-state index is -0.281. The lowest BCUT2D eigenvalue weighted by molar-refractivity contribution is -0.124. The molecule has 2 aromatic rings. The Labute approximate surface area is 154 Å². The van der Waals surface area contributed by atoms with Crippen LogP contribution in [0.5, 0.6) is 0 Å². The normalized spacial score (nSPS) is 22.0. The predicted molar refractivity (Wildman–Crippen MR) is 103 cm³/mol. The zero-order valence-corrected chi connectivity index (χ0v) is 15.5. The van der Waals surface area contributed by atoms with E-state index in [1.807, 2.05) is 55.1 Å². The molecule has 134 valence electrons. The number of carbonyl (C=O) groups is 2. The predicted octanol–water partition coefficient (Wildman–Crippen LogP) is 3.63. The lowest BCUT2D eigenvalue weighted by Crippen LogP contribution is -2.41. The van der Waals surface area contributed by atoms with Crippen LogP contribution in [0.3, 0.4) is 0 Å². The highest BCUT2D eigenvalue weighted by Gasteiger charge is 2.41. The Morgan fingerprint density at radius 1 is 1.00 bits per heavy atom. The third-order valence-electron chi connectivity index (χ3n) is 5.79. The molecule has 2 aromatic carbocycles. The summed E-state index contributed by atoms with van der Waals surface area (Å²) >= 11 is 0. The number of carbonyl (C=O) groups excluding carboxylic acids is 2. The summed E-state index contributed by atoms with van der Waals surface area (Å²) in [6, 6.07) is 14.2. The van der Waals surface area contributed by atoms with Gasteiger partial charge in [0.25, 0.3) is 0 Å². The van der Waals surface area contributed by atoms with E-state index in [4.69, 9.17) is 0 Å². The SMILES string of the molecule is Cc1cccc(N2C[C@H](C(=O)N3c4ccccc4C[C@H]3C)CC2=O)c1C. The molecule has 0 aliphatic carbocycles. The average Bonchev–Trinajstić information content (AvgIpc) is 3.16. The fourth-order valence-corrected chi connectivity index (χ4v) is 4.23. The number of anilines is 2. The maximum absolute atomic E-state index is 13.2. The molecule has 2 atom stereocenters. The first-order chi connectivity index (χ1) is 12.5. The van der Waals surface area contributed by atoms with Gasteiger partial charge in [-0.25, -0.2) is 0 Å². The second-order valence-corrected chi connectivity index (χ2v) is 7.51. The number of fused-ring (bicyclic) bond motifs is 1. The highest BCUT2D eigenvalue weighted by molar-refractivity contribution is 6.05. The van der Waals surface area contributed by atoms with Gasteiger partial charge in [-0.2, -0.15) is 0 Å². The molecule has 4 nitrogen and oxygen atoms in total. The van der Waals surface area contributed by atoms with Crippen LogP contribution in [0.2, 0.25) is 0 Å². The summed E-state index contributed by atoms with van der Waals surface area (Å²) in [6.07, 6.45) is 1.17. The summed E-state index contributed by atoms with van der Waals surface area (Å²) in [6.45, 7) is 6.63. The number of hydrogen-bond donors (Lipinski definition) is 0. The molecular weight excluding hydrogens is 324 g/mol. The van der Waals surface area contributed by atoms with Gasteiger partial charge in [-0.1, -0.05) is 30.3 Å². The van der Waals surface area contributed by atoms with Crippen molar-refractivity contribution in [2.24, 2.45) is 5.92 Å². The molecular formula is C22H24N2O2. The minimum Gasteiger partial charge on any atom is -0.311 e. The van der Waals surface area contributed by atoms with Crippen LogP contribution in [-0.4, -0.2) is 24.4 Å². The van der Waals surface area contributed by atoms with Crippen LogP contribution in [0.15, 0.2) is 42.5 Å². The quantitative estimate of drug-likeness (QED) is 0.831. The van der Waals surface area contributed by atoms with E-state index in [0.717, 1.165) is 28.9 Å². The molecule has 2 amide bonds. The first kappa shape index (κ1) is 16.8. The van der Waals surface area contributed by atoms with Crippen LogP contribution < -0.4 is 9.80 Å². The Hall–Kier alpha value is -2.62. The Morgan fingerprint density at radius 2 is 1.73 bits per heavy atom. The van der Waals surface area contributed by atoms with Crippen molar-refractivity contribution in [2.45, 2.75) is 39.7 Å². The van der Waals surface area contributed by atoms with E-state index < -0.39 is 0 Å². The van der Waals surface area contributed by atoms with Crippen molar-refractivity contribution >= 4 is 23.2 Å². The number of rotatable bonds is 2. The van der Waals surface area contributed by atoms with Gasteiger partial charge in [0.1, 0.15) is 0 Å². The summed E-state index contributed by atoms with van der Waals surface area (Å²) in [4.78, 5) is 29.6. The molecule has 0 N–H and O–H groups in total. The number of nitrogens with zero attached hydrogens (tertiary/aromatic N) is 2. The van der Waals surface area contributed by atoms with Crippen molar-refractivity contribution < 1.29 is 9.59 Å². The lowest BCUT2D eigenvalue weighted by Gasteiger charge is -2.26. The van der Waals surface area contributed by atoms with E-state index in [1.165, 1.54) is 5.56 Å². The number of para-hydroxylation sites is 1. The molecule has 1 fully saturated rings. The molecule has 4 rings (SSSR count). The van der Waals surface area contributed by atoms with Gasteiger partial charge >= 0.3 is 0 Å². The van der Waals surface area contributed by atoms with Crippen LogP contribution >= 0.6 is 0 Å². The number of hydrogen-bond acceptors (Lipinski definition) is 2. The van der Waals surface area contributed by atoms with Crippen molar-refractivity contribution in [1.29, 1.82) is 0 Å². The first-order valence-corrected chi connectivity index (χ1v) is 9.25. The Kier molecular flexibility index (Phi) is 4.06. The van der Waals surface area contributed by atoms with Gasteiger partial charge in [0.2, 0.25) is 11.8 Å². The largest absolute Gasteiger partial charge is 0.311 e. The Balaban J connectivity index is 1.59. The van der Waals surface area contributed by atoms with Crippen LogP contribution in [0.4, 0.5) is 11.4 Å². The first-order valence-electron chi connectivity index (χ1n) is 9.25. The molecule has 2 aliphatic rings. The van der Waals surface area contributed by atoms with Crippen LogP contribution in [0.25, 0.3) is 0 Å². The zero-order chi connectivity index (χ0) is 18.4. The minimum absolute atomic E-state index is 0.0391. The summed E-state index contributed by atoms with van der Waals surface area (Å²) in [5.74, 6) is -0.170. The van der Waals surface area contributed by atoms with E-state index in [2.05, 4.69) is 13.0 Å². The fourth-order valence-electron chi connectivity index (χ4n) is 4.23. The molecule has 26 heavy (non-hydrogen) atoms. The summed E-state index contributed by atoms with van der Waals surface area (Å²) in [5, 5.41) is 0. The molecule has 0 aromatic heterocycles. The van der Waals surface area contributed by atoms with Gasteiger partial charge in [-0.15, -0.1) is 0 Å². The van der Waals surface area contributed by atoms with Gasteiger partial charge in [0, 0.05) is 30.4 Å². The number of aryl methyl sites for hydroxylation is 1. The second-order valence-electron chi connectivity index (χ2n) is 7.51. The average molecular weight is 348 g/mol. The van der Waals surface area contributed by atoms with Crippen molar-refractivity contribution in [1.82, 2.24) is 0 Å². The van der Waals surface area contributed by atoms with Gasteiger partial charge in [0.15, 0.2) is 0 Å². The van der Waals surface area contributed by atoms with E-state index in [0.29, 0.717) is 6.54 Å². The molecule has 4 heteroatoms. The monoisotopic (exact) mass is 348 g/mol. The lowest BCUT2D eigenvalue weighted by atomic mass is 10.1. The maximum atomic E-state index is 13.2. The maximum Gasteiger partial charge on any atom is 0.232 e. The highest BCUT2D eigenvalue weighted by Crippen LogP contribution is 2.36.